The highest BCUT2D eigenvalue weighted by molar-refractivity contribution is 5.75. The van der Waals surface area contributed by atoms with E-state index in [1.165, 1.54) is 17.0 Å². The molecule has 3 heterocycles. The predicted octanol–water partition coefficient (Wildman–Crippen LogP) is 3.03. The van der Waals surface area contributed by atoms with E-state index in [2.05, 4.69) is 16.3 Å². The summed E-state index contributed by atoms with van der Waals surface area (Å²) in [7, 11) is 0. The van der Waals surface area contributed by atoms with Gasteiger partial charge in [0.25, 0.3) is 5.69 Å². The number of rotatable bonds is 4. The fourth-order valence-corrected chi connectivity index (χ4v) is 4.27. The Labute approximate surface area is 204 Å². The van der Waals surface area contributed by atoms with Crippen LogP contribution in [0.4, 0.5) is 10.5 Å². The molecule has 1 saturated heterocycles. The van der Waals surface area contributed by atoms with Crippen LogP contribution >= 0.6 is 0 Å². The number of nitro benzene ring substituents is 1. The topological polar surface area (TPSA) is 170 Å². The van der Waals surface area contributed by atoms with Crippen LogP contribution in [0.3, 0.4) is 0 Å². The predicted molar refractivity (Wildman–Crippen MR) is 125 cm³/mol. The van der Waals surface area contributed by atoms with Gasteiger partial charge in [0.1, 0.15) is 17.4 Å². The third-order valence-corrected chi connectivity index (χ3v) is 5.98. The van der Waals surface area contributed by atoms with Gasteiger partial charge in [-0.25, -0.2) is 4.79 Å². The Balaban J connectivity index is 1.62. The average Bonchev–Trinajstić information content (AvgIpc) is 3.32. The SMILES string of the molecule is N#CC1=C(N)Oc2n[nH]c(-c3cccc([N+](=O)[O-])c3)c2[C@H]1c1ccccc1OC(=O)N1CCOCC1. The van der Waals surface area contributed by atoms with Crippen molar-refractivity contribution in [1.82, 2.24) is 15.1 Å². The number of hydrogen-bond donors (Lipinski definition) is 2. The van der Waals surface area contributed by atoms with Gasteiger partial charge in [-0.2, -0.15) is 5.26 Å². The van der Waals surface area contributed by atoms with Crippen molar-refractivity contribution in [2.45, 2.75) is 5.92 Å². The molecule has 3 N–H and O–H groups in total. The number of non-ortho nitro benzene ring substituents is 1. The second-order valence-electron chi connectivity index (χ2n) is 8.05. The van der Waals surface area contributed by atoms with Crippen LogP contribution < -0.4 is 15.2 Å². The van der Waals surface area contributed by atoms with Crippen LogP contribution in [0.25, 0.3) is 11.3 Å². The number of ether oxygens (including phenoxy) is 3. The molecule has 12 nitrogen and oxygen atoms in total. The van der Waals surface area contributed by atoms with Crippen LogP contribution in [0.2, 0.25) is 0 Å². The first-order chi connectivity index (χ1) is 17.5. The molecule has 0 spiro atoms. The number of carbonyl (C=O) groups excluding carboxylic acids is 1. The normalized spacial score (nSPS) is 17.1. The molecule has 1 fully saturated rings. The zero-order valence-electron chi connectivity index (χ0n) is 18.8. The van der Waals surface area contributed by atoms with Crippen LogP contribution in [0, 0.1) is 21.4 Å². The number of aromatic nitrogens is 2. The number of nitriles is 1. The second-order valence-corrected chi connectivity index (χ2v) is 8.05. The van der Waals surface area contributed by atoms with E-state index in [1.54, 1.807) is 36.4 Å². The van der Waals surface area contributed by atoms with E-state index in [9.17, 15) is 20.2 Å². The van der Waals surface area contributed by atoms with Crippen molar-refractivity contribution in [2.75, 3.05) is 26.3 Å². The molecule has 2 aromatic carbocycles. The molecule has 1 aromatic heterocycles. The van der Waals surface area contributed by atoms with E-state index in [-0.39, 0.29) is 28.8 Å². The third-order valence-electron chi connectivity index (χ3n) is 5.98. The number of amides is 1. The van der Waals surface area contributed by atoms with Gasteiger partial charge in [-0.1, -0.05) is 30.3 Å². The summed E-state index contributed by atoms with van der Waals surface area (Å²) in [4.78, 5) is 25.2. The molecule has 1 amide bonds. The van der Waals surface area contributed by atoms with E-state index < -0.39 is 16.9 Å². The number of aromatic amines is 1. The maximum Gasteiger partial charge on any atom is 0.415 e. The first-order valence-electron chi connectivity index (χ1n) is 11.0. The van der Waals surface area contributed by atoms with Gasteiger partial charge in [0.2, 0.25) is 11.8 Å². The standard InChI is InChI=1S/C24H20N6O6/c25-13-17-19(16-6-1-2-7-18(16)35-24(31)29-8-10-34-11-9-29)20-21(27-28-23(20)36-22(17)26)14-4-3-5-15(12-14)30(32)33/h1-7,12,19H,8-11,26H2,(H,27,28)/t19-/m0/s1. The molecule has 182 valence electrons. The third kappa shape index (κ3) is 4.08. The molecule has 5 rings (SSSR count). The van der Waals surface area contributed by atoms with Crippen molar-refractivity contribution in [2.24, 2.45) is 5.73 Å². The zero-order valence-corrected chi connectivity index (χ0v) is 18.8. The number of allylic oxidation sites excluding steroid dienone is 1. The summed E-state index contributed by atoms with van der Waals surface area (Å²) in [6, 6.07) is 14.9. The van der Waals surface area contributed by atoms with Gasteiger partial charge in [0.15, 0.2) is 0 Å². The minimum atomic E-state index is -0.819. The lowest BCUT2D eigenvalue weighted by Crippen LogP contribution is -2.42. The van der Waals surface area contributed by atoms with Gasteiger partial charge >= 0.3 is 6.09 Å². The number of hydrogen-bond acceptors (Lipinski definition) is 9. The molecule has 1 atom stereocenters. The number of nitro groups is 1. The van der Waals surface area contributed by atoms with Crippen molar-refractivity contribution >= 4 is 11.8 Å². The molecule has 36 heavy (non-hydrogen) atoms. The lowest BCUT2D eigenvalue weighted by Gasteiger charge is -2.28. The van der Waals surface area contributed by atoms with Crippen LogP contribution in [-0.2, 0) is 4.74 Å². The first kappa shape index (κ1) is 22.9. The van der Waals surface area contributed by atoms with E-state index in [0.29, 0.717) is 48.7 Å². The smallest absolute Gasteiger partial charge is 0.415 e. The molecule has 0 saturated carbocycles. The molecule has 2 aliphatic rings. The summed E-state index contributed by atoms with van der Waals surface area (Å²) in [6.45, 7) is 1.63. The number of nitrogens with one attached hydrogen (secondary N) is 1. The summed E-state index contributed by atoms with van der Waals surface area (Å²) in [5.41, 5.74) is 7.85. The molecule has 0 bridgehead atoms. The molecule has 2 aliphatic heterocycles. The summed E-state index contributed by atoms with van der Waals surface area (Å²) in [5, 5.41) is 28.4. The molecule has 3 aromatic rings. The fraction of sp³-hybridized carbons (Fsp3) is 0.208. The number of nitrogens with zero attached hydrogens (tertiary/aromatic N) is 4. The van der Waals surface area contributed by atoms with Crippen LogP contribution in [0.15, 0.2) is 60.0 Å². The molecule has 0 unspecified atom stereocenters. The Bertz CT molecular complexity index is 1420. The van der Waals surface area contributed by atoms with Crippen LogP contribution in [-0.4, -0.2) is 52.4 Å². The minimum Gasteiger partial charge on any atom is -0.420 e. The van der Waals surface area contributed by atoms with Crippen molar-refractivity contribution < 1.29 is 23.9 Å². The van der Waals surface area contributed by atoms with Gasteiger partial charge in [-0.05, 0) is 6.07 Å². The lowest BCUT2D eigenvalue weighted by atomic mass is 9.82. The number of H-pyrrole nitrogens is 1. The summed E-state index contributed by atoms with van der Waals surface area (Å²) >= 11 is 0. The van der Waals surface area contributed by atoms with Crippen LogP contribution in [0.1, 0.15) is 17.0 Å². The van der Waals surface area contributed by atoms with Gasteiger partial charge in [-0.15, -0.1) is 5.10 Å². The maximum absolute atomic E-state index is 12.8. The monoisotopic (exact) mass is 488 g/mol. The van der Waals surface area contributed by atoms with Crippen molar-refractivity contribution in [3.8, 4) is 29.0 Å². The largest absolute Gasteiger partial charge is 0.420 e. The van der Waals surface area contributed by atoms with Gasteiger partial charge in [0.05, 0.1) is 35.3 Å². The quantitative estimate of drug-likeness (QED) is 0.414. The van der Waals surface area contributed by atoms with Gasteiger partial charge in [-0.3, -0.25) is 15.2 Å². The first-order valence-corrected chi connectivity index (χ1v) is 11.0. The Morgan fingerprint density at radius 2 is 2.03 bits per heavy atom. The Hall–Kier alpha value is -4.89. The number of morpholine rings is 1. The number of nitrogens with two attached hydrogens (primary N) is 1. The van der Waals surface area contributed by atoms with Gasteiger partial charge < -0.3 is 24.8 Å². The summed E-state index contributed by atoms with van der Waals surface area (Å²) < 4.78 is 16.7. The molecule has 0 aliphatic carbocycles. The van der Waals surface area contributed by atoms with Gasteiger partial charge in [0, 0.05) is 36.3 Å². The number of fused-ring (bicyclic) bond motifs is 1. The molecular weight excluding hydrogens is 468 g/mol. The lowest BCUT2D eigenvalue weighted by molar-refractivity contribution is -0.384. The van der Waals surface area contributed by atoms with E-state index >= 15 is 0 Å². The molecular formula is C24H20N6O6. The molecule has 0 radical (unpaired) electrons. The number of benzene rings is 2. The van der Waals surface area contributed by atoms with E-state index in [1.807, 2.05) is 0 Å². The van der Waals surface area contributed by atoms with Crippen molar-refractivity contribution in [3.05, 3.63) is 81.2 Å². The Kier molecular flexibility index (Phi) is 5.97. The highest BCUT2D eigenvalue weighted by Gasteiger charge is 2.37. The highest BCUT2D eigenvalue weighted by Crippen LogP contribution is 2.48. The Morgan fingerprint density at radius 1 is 1.25 bits per heavy atom. The number of para-hydroxylation sites is 1. The van der Waals surface area contributed by atoms with E-state index in [0.717, 1.165) is 0 Å². The van der Waals surface area contributed by atoms with Crippen molar-refractivity contribution in [1.29, 1.82) is 5.26 Å². The van der Waals surface area contributed by atoms with Crippen molar-refractivity contribution in [3.63, 3.8) is 0 Å². The van der Waals surface area contributed by atoms with Crippen LogP contribution in [0.5, 0.6) is 11.6 Å². The second kappa shape index (κ2) is 9.40. The number of carbonyl (C=O) groups is 1. The fourth-order valence-electron chi connectivity index (χ4n) is 4.27. The minimum absolute atomic E-state index is 0.0884. The zero-order chi connectivity index (χ0) is 25.2. The maximum atomic E-state index is 12.8. The average molecular weight is 488 g/mol. The summed E-state index contributed by atoms with van der Waals surface area (Å²) in [6.07, 6.45) is -0.542. The highest BCUT2D eigenvalue weighted by atomic mass is 16.6. The summed E-state index contributed by atoms with van der Waals surface area (Å²) in [5.74, 6) is -0.604. The molecule has 12 heteroatoms. The Morgan fingerprint density at radius 3 is 2.78 bits per heavy atom. The van der Waals surface area contributed by atoms with E-state index in [4.69, 9.17) is 19.9 Å².